The first-order valence-corrected chi connectivity index (χ1v) is 17.3. The van der Waals surface area contributed by atoms with Gasteiger partial charge in [0.15, 0.2) is 0 Å². The summed E-state index contributed by atoms with van der Waals surface area (Å²) >= 11 is 12.5. The third kappa shape index (κ3) is 5.76. The second-order valence-electron chi connectivity index (χ2n) is 11.9. The molecule has 1 N–H and O–H groups in total. The second kappa shape index (κ2) is 11.9. The molecule has 45 heavy (non-hydrogen) atoms. The summed E-state index contributed by atoms with van der Waals surface area (Å²) in [6, 6.07) is 28.5. The van der Waals surface area contributed by atoms with E-state index >= 15 is 0 Å². The van der Waals surface area contributed by atoms with Crippen LogP contribution in [0.2, 0.25) is 10.0 Å². The first-order valence-electron chi connectivity index (χ1n) is 15.1. The summed E-state index contributed by atoms with van der Waals surface area (Å²) in [4.78, 5) is 11.6. The molecule has 0 unspecified atom stereocenters. The van der Waals surface area contributed by atoms with Crippen LogP contribution < -0.4 is 0 Å². The molecule has 1 saturated carbocycles. The molecule has 7 nitrogen and oxygen atoms in total. The van der Waals surface area contributed by atoms with Crippen molar-refractivity contribution in [3.63, 3.8) is 0 Å². The third-order valence-corrected chi connectivity index (χ3v) is 11.4. The molecule has 4 aromatic carbocycles. The molecule has 7 rings (SSSR count). The summed E-state index contributed by atoms with van der Waals surface area (Å²) in [5, 5.41) is 17.1. The summed E-state index contributed by atoms with van der Waals surface area (Å²) in [5.74, 6) is -1.20. The van der Waals surface area contributed by atoms with E-state index in [0.717, 1.165) is 46.1 Å². The van der Waals surface area contributed by atoms with Crippen LogP contribution in [0, 0.1) is 0 Å². The Balaban J connectivity index is 1.25. The van der Waals surface area contributed by atoms with Crippen LogP contribution in [0.3, 0.4) is 0 Å². The van der Waals surface area contributed by atoms with Crippen LogP contribution in [0.15, 0.2) is 95.9 Å². The number of halogens is 2. The lowest BCUT2D eigenvalue weighted by molar-refractivity contribution is 0.0692. The highest BCUT2D eigenvalue weighted by atomic mass is 35.5. The molecule has 1 aromatic heterocycles. The Kier molecular flexibility index (Phi) is 7.94. The molecule has 1 aliphatic carbocycles. The highest BCUT2D eigenvalue weighted by Crippen LogP contribution is 2.44. The number of nitrogens with zero attached hydrogens (tertiary/aromatic N) is 3. The first kappa shape index (κ1) is 30.0. The van der Waals surface area contributed by atoms with Crippen molar-refractivity contribution in [1.82, 2.24) is 14.1 Å². The zero-order valence-corrected chi connectivity index (χ0v) is 26.6. The van der Waals surface area contributed by atoms with E-state index < -0.39 is 16.0 Å². The van der Waals surface area contributed by atoms with E-state index in [1.165, 1.54) is 22.5 Å². The van der Waals surface area contributed by atoms with Crippen LogP contribution in [-0.4, -0.2) is 46.7 Å². The van der Waals surface area contributed by atoms with Gasteiger partial charge in [0.1, 0.15) is 0 Å². The number of benzene rings is 4. The number of fused-ring (bicyclic) bond motifs is 1. The maximum Gasteiger partial charge on any atom is 0.337 e. The van der Waals surface area contributed by atoms with Crippen LogP contribution in [0.1, 0.15) is 76.3 Å². The van der Waals surface area contributed by atoms with E-state index in [1.807, 2.05) is 24.3 Å². The molecule has 0 radical (unpaired) electrons. The summed E-state index contributed by atoms with van der Waals surface area (Å²) in [6.45, 7) is 0.603. The van der Waals surface area contributed by atoms with Crippen molar-refractivity contribution in [2.45, 2.75) is 48.5 Å². The number of hydrogen-bond donors (Lipinski definition) is 1. The fourth-order valence-electron chi connectivity index (χ4n) is 6.59. The lowest BCUT2D eigenvalue weighted by Crippen LogP contribution is -2.38. The Morgan fingerprint density at radius 2 is 1.38 bits per heavy atom. The van der Waals surface area contributed by atoms with Gasteiger partial charge in [0.2, 0.25) is 10.0 Å². The summed E-state index contributed by atoms with van der Waals surface area (Å²) < 4.78 is 30.7. The highest BCUT2D eigenvalue weighted by molar-refractivity contribution is 7.89. The monoisotopic (exact) mass is 659 g/mol. The fraction of sp³-hybridized carbons (Fsp3) is 0.257. The number of piperidine rings is 1. The average Bonchev–Trinajstić information content (AvgIpc) is 3.83. The molecular formula is C35H31Cl2N3O4S. The average molecular weight is 661 g/mol. The van der Waals surface area contributed by atoms with Crippen molar-refractivity contribution in [3.8, 4) is 0 Å². The standard InChI is InChI=1S/C35H31Cl2N3O4S/c36-26-10-5-22(6-11-26)33(23-7-12-27(37)13-8-23)25-9-16-31-30(21-25)34(40(38-31)28-14-15-28)24-17-19-39(20-18-24)45(43,44)32-4-2-1-3-29(32)35(41)42/h1-13,16,21,24,28,33H,14-15,17-20H2,(H,41,42). The van der Waals surface area contributed by atoms with Crippen LogP contribution in [0.5, 0.6) is 0 Å². The number of rotatable bonds is 8. The minimum Gasteiger partial charge on any atom is -0.478 e. The lowest BCUT2D eigenvalue weighted by Gasteiger charge is -2.32. The molecule has 2 aliphatic rings. The van der Waals surface area contributed by atoms with Gasteiger partial charge in [-0.3, -0.25) is 4.68 Å². The molecule has 0 spiro atoms. The maximum absolute atomic E-state index is 13.6. The number of carboxylic acids is 1. The number of sulfonamides is 1. The zero-order chi connectivity index (χ0) is 31.3. The van der Waals surface area contributed by atoms with Gasteiger partial charge in [-0.15, -0.1) is 0 Å². The molecule has 0 amide bonds. The van der Waals surface area contributed by atoms with Gasteiger partial charge in [-0.25, -0.2) is 13.2 Å². The SMILES string of the molecule is O=C(O)c1ccccc1S(=O)(=O)N1CCC(c2c3cc(C(c4ccc(Cl)cc4)c4ccc(Cl)cc4)ccc3nn2C2CC2)CC1. The Bertz CT molecular complexity index is 1950. The van der Waals surface area contributed by atoms with Gasteiger partial charge < -0.3 is 5.11 Å². The molecule has 230 valence electrons. The van der Waals surface area contributed by atoms with Crippen molar-refractivity contribution < 1.29 is 18.3 Å². The van der Waals surface area contributed by atoms with Crippen molar-refractivity contribution in [2.24, 2.45) is 0 Å². The van der Waals surface area contributed by atoms with Crippen LogP contribution in [-0.2, 0) is 10.0 Å². The smallest absolute Gasteiger partial charge is 0.337 e. The molecule has 2 heterocycles. The van der Waals surface area contributed by atoms with Gasteiger partial charge >= 0.3 is 5.97 Å². The van der Waals surface area contributed by atoms with Crippen molar-refractivity contribution in [3.05, 3.63) is 129 Å². The molecule has 0 bridgehead atoms. The van der Waals surface area contributed by atoms with Gasteiger partial charge in [0.25, 0.3) is 0 Å². The normalized spacial score (nSPS) is 16.4. The molecule has 1 saturated heterocycles. The maximum atomic E-state index is 13.6. The number of aromatic nitrogens is 2. The largest absolute Gasteiger partial charge is 0.478 e. The number of carboxylic acid groups (broad SMARTS) is 1. The topological polar surface area (TPSA) is 92.5 Å². The molecule has 0 atom stereocenters. The molecule has 1 aliphatic heterocycles. The van der Waals surface area contributed by atoms with Crippen molar-refractivity contribution >= 4 is 50.1 Å². The first-order chi connectivity index (χ1) is 21.7. The van der Waals surface area contributed by atoms with Gasteiger partial charge in [-0.2, -0.15) is 9.40 Å². The number of aromatic carboxylic acids is 1. The fourth-order valence-corrected chi connectivity index (χ4v) is 8.49. The quantitative estimate of drug-likeness (QED) is 0.170. The van der Waals surface area contributed by atoms with Gasteiger partial charge in [-0.05, 0) is 90.9 Å². The van der Waals surface area contributed by atoms with E-state index in [4.69, 9.17) is 28.3 Å². The van der Waals surface area contributed by atoms with E-state index in [9.17, 15) is 18.3 Å². The highest BCUT2D eigenvalue weighted by Gasteiger charge is 2.36. The van der Waals surface area contributed by atoms with E-state index in [1.54, 1.807) is 6.07 Å². The predicted octanol–water partition coefficient (Wildman–Crippen LogP) is 8.12. The Morgan fingerprint density at radius 3 is 1.96 bits per heavy atom. The zero-order valence-electron chi connectivity index (χ0n) is 24.3. The number of carbonyl (C=O) groups is 1. The third-order valence-electron chi connectivity index (χ3n) is 8.97. The van der Waals surface area contributed by atoms with Gasteiger partial charge in [0, 0.05) is 46.1 Å². The minimum atomic E-state index is -3.96. The molecular weight excluding hydrogens is 629 g/mol. The van der Waals surface area contributed by atoms with Crippen LogP contribution in [0.25, 0.3) is 10.9 Å². The van der Waals surface area contributed by atoms with Gasteiger partial charge in [0.05, 0.1) is 22.0 Å². The lowest BCUT2D eigenvalue weighted by atomic mass is 9.84. The van der Waals surface area contributed by atoms with E-state index in [2.05, 4.69) is 47.1 Å². The van der Waals surface area contributed by atoms with Crippen LogP contribution in [0.4, 0.5) is 0 Å². The Hall–Kier alpha value is -3.69. The second-order valence-corrected chi connectivity index (χ2v) is 14.6. The summed E-state index contributed by atoms with van der Waals surface area (Å²) in [7, 11) is -3.96. The van der Waals surface area contributed by atoms with Crippen molar-refractivity contribution in [2.75, 3.05) is 13.1 Å². The molecule has 2 fully saturated rings. The minimum absolute atomic E-state index is 0.0534. The van der Waals surface area contributed by atoms with E-state index in [0.29, 0.717) is 42.0 Å². The Morgan fingerprint density at radius 1 is 0.800 bits per heavy atom. The predicted molar refractivity (Wildman–Crippen MR) is 176 cm³/mol. The molecule has 5 aromatic rings. The van der Waals surface area contributed by atoms with Gasteiger partial charge in [-0.1, -0.05) is 65.7 Å². The summed E-state index contributed by atoms with van der Waals surface area (Å²) in [5.41, 5.74) is 5.21. The Labute approximate surface area is 272 Å². The van der Waals surface area contributed by atoms with E-state index in [-0.39, 0.29) is 22.3 Å². The van der Waals surface area contributed by atoms with Crippen molar-refractivity contribution in [1.29, 1.82) is 0 Å². The number of hydrogen-bond acceptors (Lipinski definition) is 4. The molecule has 10 heteroatoms. The summed E-state index contributed by atoms with van der Waals surface area (Å²) in [6.07, 6.45) is 3.38. The van der Waals surface area contributed by atoms with Crippen LogP contribution >= 0.6 is 23.2 Å².